The molecule has 3 N–H and O–H groups in total. The van der Waals surface area contributed by atoms with Crippen LogP contribution in [-0.4, -0.2) is 27.7 Å². The molecule has 9 nitrogen and oxygen atoms in total. The lowest BCUT2D eigenvalue weighted by Gasteiger charge is -2.11. The third-order valence-electron chi connectivity index (χ3n) is 6.31. The van der Waals surface area contributed by atoms with Crippen LogP contribution in [0.2, 0.25) is 0 Å². The lowest BCUT2D eigenvalue weighted by atomic mass is 9.99. The van der Waals surface area contributed by atoms with Gasteiger partial charge in [0, 0.05) is 34.8 Å². The van der Waals surface area contributed by atoms with Gasteiger partial charge in [0.25, 0.3) is 20.0 Å². The summed E-state index contributed by atoms with van der Waals surface area (Å²) >= 11 is 6.47. The first-order valence-electron chi connectivity index (χ1n) is 12.4. The molecule has 1 aromatic heterocycles. The van der Waals surface area contributed by atoms with Crippen LogP contribution in [0.25, 0.3) is 11.0 Å². The number of anilines is 2. The van der Waals surface area contributed by atoms with Crippen molar-refractivity contribution in [1.29, 1.82) is 0 Å². The molecule has 0 spiro atoms. The number of aromatic hydroxyl groups is 1. The molecule has 1 heterocycles. The molecular formula is C29H22Br2N2O7S2. The third-order valence-corrected chi connectivity index (χ3v) is 10.3. The number of benzene rings is 4. The molecule has 0 saturated carbocycles. The van der Waals surface area contributed by atoms with Gasteiger partial charge in [-0.2, -0.15) is 0 Å². The van der Waals surface area contributed by atoms with Crippen molar-refractivity contribution in [3.8, 4) is 5.75 Å². The number of furan rings is 1. The Balaban J connectivity index is 1.41. The summed E-state index contributed by atoms with van der Waals surface area (Å²) in [6.07, 6.45) is 0.380. The molecule has 0 aliphatic carbocycles. The Bertz CT molecular complexity index is 2020. The predicted octanol–water partition coefficient (Wildman–Crippen LogP) is 7.06. The van der Waals surface area contributed by atoms with Gasteiger partial charge in [-0.05, 0) is 92.5 Å². The van der Waals surface area contributed by atoms with E-state index in [0.29, 0.717) is 43.3 Å². The molecule has 0 atom stereocenters. The zero-order valence-corrected chi connectivity index (χ0v) is 26.6. The minimum absolute atomic E-state index is 0.0386. The lowest BCUT2D eigenvalue weighted by Crippen LogP contribution is -2.14. The molecule has 0 saturated heterocycles. The number of phenolic OH excluding ortho intramolecular Hbond substituents is 1. The standard InChI is InChI=1S/C29H22Br2N2O7S2/c1-2-25-27(28(34)17-14-23(30)29(35)24(31)15-17)22-13-12-21(16-26(22)40-25)42(38,39)33-19-8-10-20(11-9-19)41(36,37)32-18-6-4-3-5-7-18/h3-16,32-33,35H,2H2,1H3. The van der Waals surface area contributed by atoms with Crippen molar-refractivity contribution in [3.63, 3.8) is 0 Å². The van der Waals surface area contributed by atoms with Crippen molar-refractivity contribution in [2.75, 3.05) is 9.44 Å². The molecule has 0 aliphatic heterocycles. The number of ketones is 1. The van der Waals surface area contributed by atoms with E-state index in [1.54, 1.807) is 30.3 Å². The molecule has 42 heavy (non-hydrogen) atoms. The monoisotopic (exact) mass is 732 g/mol. The molecule has 4 aromatic carbocycles. The highest BCUT2D eigenvalue weighted by molar-refractivity contribution is 9.11. The fourth-order valence-corrected chi connectivity index (χ4v) is 7.59. The molecule has 0 bridgehead atoms. The molecule has 5 aromatic rings. The lowest BCUT2D eigenvalue weighted by molar-refractivity contribution is 0.103. The average molecular weight is 734 g/mol. The largest absolute Gasteiger partial charge is 0.506 e. The first-order valence-corrected chi connectivity index (χ1v) is 16.9. The van der Waals surface area contributed by atoms with E-state index in [2.05, 4.69) is 41.3 Å². The number of aryl methyl sites for hydroxylation is 1. The summed E-state index contributed by atoms with van der Waals surface area (Å²) in [5.41, 5.74) is 1.36. The smallest absolute Gasteiger partial charge is 0.262 e. The highest BCUT2D eigenvalue weighted by Crippen LogP contribution is 2.36. The Hall–Kier alpha value is -3.65. The first kappa shape index (κ1) is 29.8. The van der Waals surface area contributed by atoms with Gasteiger partial charge in [0.1, 0.15) is 17.1 Å². The van der Waals surface area contributed by atoms with Gasteiger partial charge in [-0.1, -0.05) is 25.1 Å². The van der Waals surface area contributed by atoms with E-state index < -0.39 is 20.0 Å². The van der Waals surface area contributed by atoms with Crippen molar-refractivity contribution >= 4 is 80.0 Å². The second-order valence-electron chi connectivity index (χ2n) is 9.13. The Morgan fingerprint density at radius 3 is 1.93 bits per heavy atom. The van der Waals surface area contributed by atoms with Gasteiger partial charge in [-0.3, -0.25) is 14.2 Å². The third kappa shape index (κ3) is 5.95. The van der Waals surface area contributed by atoms with Crippen LogP contribution >= 0.6 is 31.9 Å². The summed E-state index contributed by atoms with van der Waals surface area (Å²) in [7, 11) is -7.97. The topological polar surface area (TPSA) is 143 Å². The van der Waals surface area contributed by atoms with Crippen molar-refractivity contribution in [2.45, 2.75) is 23.1 Å². The van der Waals surface area contributed by atoms with Gasteiger partial charge >= 0.3 is 0 Å². The molecule has 13 heteroatoms. The fourth-order valence-electron chi connectivity index (χ4n) is 4.27. The van der Waals surface area contributed by atoms with E-state index in [0.717, 1.165) is 0 Å². The van der Waals surface area contributed by atoms with Crippen molar-refractivity contribution in [1.82, 2.24) is 0 Å². The summed E-state index contributed by atoms with van der Waals surface area (Å²) < 4.78 is 63.3. The van der Waals surface area contributed by atoms with Crippen LogP contribution in [-0.2, 0) is 26.5 Å². The molecule has 0 radical (unpaired) electrons. The van der Waals surface area contributed by atoms with Crippen LogP contribution < -0.4 is 9.44 Å². The Kier molecular flexibility index (Phi) is 8.21. The number of carbonyl (C=O) groups excluding carboxylic acids is 1. The van der Waals surface area contributed by atoms with Crippen molar-refractivity contribution in [3.05, 3.63) is 111 Å². The Morgan fingerprint density at radius 1 is 0.786 bits per heavy atom. The number of para-hydroxylation sites is 1. The maximum absolute atomic E-state index is 13.5. The van der Waals surface area contributed by atoms with Crippen LogP contribution in [0.15, 0.2) is 108 Å². The van der Waals surface area contributed by atoms with E-state index in [1.807, 2.05) is 6.92 Å². The summed E-state index contributed by atoms with van der Waals surface area (Å²) in [5, 5.41) is 10.5. The number of phenols is 1. The Morgan fingerprint density at radius 2 is 1.33 bits per heavy atom. The minimum Gasteiger partial charge on any atom is -0.506 e. The van der Waals surface area contributed by atoms with E-state index in [1.165, 1.54) is 54.6 Å². The van der Waals surface area contributed by atoms with E-state index in [-0.39, 0.29) is 32.6 Å². The zero-order chi connectivity index (χ0) is 30.2. The highest BCUT2D eigenvalue weighted by atomic mass is 79.9. The number of hydrogen-bond donors (Lipinski definition) is 3. The normalized spacial score (nSPS) is 11.9. The molecule has 0 aliphatic rings. The first-order chi connectivity index (χ1) is 19.9. The molecule has 5 rings (SSSR count). The molecule has 0 fully saturated rings. The molecular weight excluding hydrogens is 712 g/mol. The summed E-state index contributed by atoms with van der Waals surface area (Å²) in [5.74, 6) is -0.00181. The number of nitrogens with one attached hydrogen (secondary N) is 2. The van der Waals surface area contributed by atoms with Gasteiger partial charge in [0.05, 0.1) is 24.3 Å². The zero-order valence-electron chi connectivity index (χ0n) is 21.8. The predicted molar refractivity (Wildman–Crippen MR) is 167 cm³/mol. The van der Waals surface area contributed by atoms with Crippen LogP contribution in [0.4, 0.5) is 11.4 Å². The quantitative estimate of drug-likeness (QED) is 0.138. The maximum atomic E-state index is 13.5. The summed E-state index contributed by atoms with van der Waals surface area (Å²) in [6, 6.07) is 20.9. The van der Waals surface area contributed by atoms with Crippen LogP contribution in [0.1, 0.15) is 28.6 Å². The molecule has 216 valence electrons. The van der Waals surface area contributed by atoms with E-state index >= 15 is 0 Å². The number of hydrogen-bond acceptors (Lipinski definition) is 7. The van der Waals surface area contributed by atoms with Gasteiger partial charge in [0.15, 0.2) is 5.78 Å². The fraction of sp³-hybridized carbons (Fsp3) is 0.0690. The van der Waals surface area contributed by atoms with Crippen molar-refractivity contribution < 1.29 is 31.2 Å². The number of carbonyl (C=O) groups is 1. The van der Waals surface area contributed by atoms with Gasteiger partial charge < -0.3 is 9.52 Å². The SMILES string of the molecule is CCc1oc2cc(S(=O)(=O)Nc3ccc(S(=O)(=O)Nc4ccccc4)cc3)ccc2c1C(=O)c1cc(Br)c(O)c(Br)c1. The highest BCUT2D eigenvalue weighted by Gasteiger charge is 2.25. The van der Waals surface area contributed by atoms with Crippen LogP contribution in [0, 0.1) is 0 Å². The summed E-state index contributed by atoms with van der Waals surface area (Å²) in [6.45, 7) is 1.82. The van der Waals surface area contributed by atoms with Gasteiger partial charge in [-0.15, -0.1) is 0 Å². The maximum Gasteiger partial charge on any atom is 0.262 e. The number of rotatable bonds is 9. The van der Waals surface area contributed by atoms with E-state index in [9.17, 15) is 26.7 Å². The number of sulfonamides is 2. The summed E-state index contributed by atoms with van der Waals surface area (Å²) in [4.78, 5) is 13.3. The van der Waals surface area contributed by atoms with E-state index in [4.69, 9.17) is 4.42 Å². The van der Waals surface area contributed by atoms with Crippen molar-refractivity contribution in [2.24, 2.45) is 0 Å². The average Bonchev–Trinajstić information content (AvgIpc) is 3.33. The Labute approximate surface area is 258 Å². The van der Waals surface area contributed by atoms with Gasteiger partial charge in [-0.25, -0.2) is 16.8 Å². The minimum atomic E-state index is -4.10. The second-order valence-corrected chi connectivity index (χ2v) is 14.2. The van der Waals surface area contributed by atoms with Crippen LogP contribution in [0.3, 0.4) is 0 Å². The molecule has 0 unspecified atom stereocenters. The number of halogens is 2. The number of fused-ring (bicyclic) bond motifs is 1. The second kappa shape index (κ2) is 11.6. The van der Waals surface area contributed by atoms with Gasteiger partial charge in [0.2, 0.25) is 0 Å². The molecule has 0 amide bonds. The van der Waals surface area contributed by atoms with Crippen LogP contribution in [0.5, 0.6) is 5.75 Å².